The highest BCUT2D eigenvalue weighted by Gasteiger charge is 2.35. The van der Waals surface area contributed by atoms with Crippen LogP contribution < -0.4 is 5.32 Å². The molecule has 1 atom stereocenters. The molecular formula is C16H30N4O. The zero-order chi connectivity index (χ0) is 14.7. The van der Waals surface area contributed by atoms with Crippen molar-refractivity contribution in [1.82, 2.24) is 15.1 Å². The molecule has 0 aromatic heterocycles. The lowest BCUT2D eigenvalue weighted by atomic mass is 9.80. The molecule has 1 aliphatic carbocycles. The number of hydrogen-bond acceptors (Lipinski definition) is 3. The monoisotopic (exact) mass is 294 g/mol. The largest absolute Gasteiger partial charge is 0.388 e. The van der Waals surface area contributed by atoms with Crippen LogP contribution in [0.1, 0.15) is 45.4 Å². The second-order valence-corrected chi connectivity index (χ2v) is 6.88. The van der Waals surface area contributed by atoms with Gasteiger partial charge in [-0.15, -0.1) is 0 Å². The maximum atomic E-state index is 10.2. The first-order valence-electron chi connectivity index (χ1n) is 8.70. The molecule has 0 aromatic carbocycles. The van der Waals surface area contributed by atoms with Crippen molar-refractivity contribution in [2.45, 2.75) is 57.1 Å². The summed E-state index contributed by atoms with van der Waals surface area (Å²) in [5.74, 6) is 1.000. The van der Waals surface area contributed by atoms with Crippen LogP contribution in [0.4, 0.5) is 0 Å². The van der Waals surface area contributed by atoms with E-state index in [1.807, 2.05) is 0 Å². The molecule has 2 aliphatic heterocycles. The SMILES string of the molecule is CCNC(=NCC1(O)CCC1)N1CCC(N2CCCC2)C1. The molecule has 0 bridgehead atoms. The van der Waals surface area contributed by atoms with Gasteiger partial charge in [-0.05, 0) is 58.5 Å². The fraction of sp³-hybridized carbons (Fsp3) is 0.938. The van der Waals surface area contributed by atoms with Crippen LogP contribution in [0.3, 0.4) is 0 Å². The Hall–Kier alpha value is -0.810. The predicted molar refractivity (Wildman–Crippen MR) is 85.6 cm³/mol. The Morgan fingerprint density at radius 2 is 2.00 bits per heavy atom. The molecule has 3 aliphatic rings. The Balaban J connectivity index is 1.57. The third-order valence-electron chi connectivity index (χ3n) is 5.26. The lowest BCUT2D eigenvalue weighted by Gasteiger charge is -2.35. The van der Waals surface area contributed by atoms with E-state index < -0.39 is 5.60 Å². The third-order valence-corrected chi connectivity index (χ3v) is 5.26. The van der Waals surface area contributed by atoms with Gasteiger partial charge in [-0.1, -0.05) is 0 Å². The minimum Gasteiger partial charge on any atom is -0.388 e. The molecule has 2 N–H and O–H groups in total. The van der Waals surface area contributed by atoms with Gasteiger partial charge < -0.3 is 15.3 Å². The highest BCUT2D eigenvalue weighted by atomic mass is 16.3. The lowest BCUT2D eigenvalue weighted by Crippen LogP contribution is -2.45. The minimum atomic E-state index is -0.519. The molecule has 120 valence electrons. The van der Waals surface area contributed by atoms with E-state index in [1.54, 1.807) is 0 Å². The first kappa shape index (κ1) is 15.1. The Morgan fingerprint density at radius 1 is 1.24 bits per heavy atom. The predicted octanol–water partition coefficient (Wildman–Crippen LogP) is 1.04. The summed E-state index contributed by atoms with van der Waals surface area (Å²) in [6.07, 6.45) is 6.92. The fourth-order valence-electron chi connectivity index (χ4n) is 3.73. The standard InChI is InChI=1S/C16H30N4O/c1-2-17-15(18-13-16(21)7-5-8-16)20-11-6-14(12-20)19-9-3-4-10-19/h14,21H,2-13H2,1H3,(H,17,18). The molecule has 3 fully saturated rings. The van der Waals surface area contributed by atoms with Crippen LogP contribution in [0.25, 0.3) is 0 Å². The molecule has 1 unspecified atom stereocenters. The molecule has 21 heavy (non-hydrogen) atoms. The van der Waals surface area contributed by atoms with Gasteiger partial charge in [0.25, 0.3) is 0 Å². The summed E-state index contributed by atoms with van der Waals surface area (Å²) in [6.45, 7) is 8.28. The van der Waals surface area contributed by atoms with Gasteiger partial charge in [0.15, 0.2) is 5.96 Å². The highest BCUT2D eigenvalue weighted by Crippen LogP contribution is 2.31. The topological polar surface area (TPSA) is 51.1 Å². The number of likely N-dealkylation sites (tertiary alicyclic amines) is 2. The molecule has 0 amide bonds. The summed E-state index contributed by atoms with van der Waals surface area (Å²) in [5.41, 5.74) is -0.519. The van der Waals surface area contributed by atoms with E-state index in [0.29, 0.717) is 12.6 Å². The average molecular weight is 294 g/mol. The van der Waals surface area contributed by atoms with Crippen molar-refractivity contribution < 1.29 is 5.11 Å². The summed E-state index contributed by atoms with van der Waals surface area (Å²) >= 11 is 0. The van der Waals surface area contributed by atoms with E-state index in [-0.39, 0.29) is 0 Å². The van der Waals surface area contributed by atoms with E-state index in [0.717, 1.165) is 44.9 Å². The Bertz CT molecular complexity index is 374. The normalized spacial score (nSPS) is 29.7. The average Bonchev–Trinajstić information content (AvgIpc) is 3.11. The molecule has 0 aromatic rings. The van der Waals surface area contributed by atoms with Crippen molar-refractivity contribution in [3.63, 3.8) is 0 Å². The van der Waals surface area contributed by atoms with Gasteiger partial charge in [0.05, 0.1) is 12.1 Å². The second-order valence-electron chi connectivity index (χ2n) is 6.88. The quantitative estimate of drug-likeness (QED) is 0.601. The van der Waals surface area contributed by atoms with E-state index in [9.17, 15) is 5.11 Å². The van der Waals surface area contributed by atoms with Gasteiger partial charge in [-0.2, -0.15) is 0 Å². The van der Waals surface area contributed by atoms with E-state index in [2.05, 4.69) is 22.0 Å². The minimum absolute atomic E-state index is 0.519. The second kappa shape index (κ2) is 6.53. The van der Waals surface area contributed by atoms with Crippen LogP contribution in [0.15, 0.2) is 4.99 Å². The van der Waals surface area contributed by atoms with Crippen LogP contribution in [0.5, 0.6) is 0 Å². The van der Waals surface area contributed by atoms with E-state index in [1.165, 1.54) is 32.4 Å². The van der Waals surface area contributed by atoms with Crippen molar-refractivity contribution in [3.05, 3.63) is 0 Å². The van der Waals surface area contributed by atoms with Crippen molar-refractivity contribution >= 4 is 5.96 Å². The highest BCUT2D eigenvalue weighted by molar-refractivity contribution is 5.80. The van der Waals surface area contributed by atoms with Gasteiger partial charge in [-0.25, -0.2) is 0 Å². The summed E-state index contributed by atoms with van der Waals surface area (Å²) < 4.78 is 0. The Morgan fingerprint density at radius 3 is 2.62 bits per heavy atom. The number of nitrogens with zero attached hydrogens (tertiary/aromatic N) is 3. The van der Waals surface area contributed by atoms with Crippen molar-refractivity contribution in [2.75, 3.05) is 39.3 Å². The van der Waals surface area contributed by atoms with Crippen LogP contribution in [0, 0.1) is 0 Å². The van der Waals surface area contributed by atoms with Gasteiger partial charge in [0, 0.05) is 25.7 Å². The number of rotatable bonds is 4. The first-order valence-corrected chi connectivity index (χ1v) is 8.70. The number of aliphatic hydroxyl groups is 1. The molecule has 3 rings (SSSR count). The van der Waals surface area contributed by atoms with Crippen LogP contribution in [-0.2, 0) is 0 Å². The molecule has 0 spiro atoms. The van der Waals surface area contributed by atoms with Gasteiger partial charge in [0.2, 0.25) is 0 Å². The summed E-state index contributed by atoms with van der Waals surface area (Å²) in [5, 5.41) is 13.6. The number of hydrogen-bond donors (Lipinski definition) is 2. The molecule has 2 saturated heterocycles. The molecule has 1 saturated carbocycles. The zero-order valence-electron chi connectivity index (χ0n) is 13.4. The van der Waals surface area contributed by atoms with Crippen LogP contribution >= 0.6 is 0 Å². The smallest absolute Gasteiger partial charge is 0.194 e. The molecule has 5 heteroatoms. The maximum absolute atomic E-state index is 10.2. The summed E-state index contributed by atoms with van der Waals surface area (Å²) in [4.78, 5) is 9.74. The number of nitrogens with one attached hydrogen (secondary N) is 1. The number of aliphatic imine (C=N–C) groups is 1. The Labute approximate surface area is 128 Å². The van der Waals surface area contributed by atoms with Crippen molar-refractivity contribution in [3.8, 4) is 0 Å². The van der Waals surface area contributed by atoms with Crippen molar-refractivity contribution in [2.24, 2.45) is 4.99 Å². The van der Waals surface area contributed by atoms with E-state index in [4.69, 9.17) is 4.99 Å². The number of guanidine groups is 1. The molecule has 5 nitrogen and oxygen atoms in total. The zero-order valence-corrected chi connectivity index (χ0v) is 13.4. The van der Waals surface area contributed by atoms with Gasteiger partial charge in [-0.3, -0.25) is 9.89 Å². The van der Waals surface area contributed by atoms with E-state index >= 15 is 0 Å². The van der Waals surface area contributed by atoms with Gasteiger partial charge in [0.1, 0.15) is 0 Å². The van der Waals surface area contributed by atoms with Crippen molar-refractivity contribution in [1.29, 1.82) is 0 Å². The summed E-state index contributed by atoms with van der Waals surface area (Å²) in [7, 11) is 0. The molecule has 0 radical (unpaired) electrons. The maximum Gasteiger partial charge on any atom is 0.194 e. The molecule has 2 heterocycles. The van der Waals surface area contributed by atoms with Crippen LogP contribution in [0.2, 0.25) is 0 Å². The molecular weight excluding hydrogens is 264 g/mol. The van der Waals surface area contributed by atoms with Gasteiger partial charge >= 0.3 is 0 Å². The lowest BCUT2D eigenvalue weighted by molar-refractivity contribution is -0.0237. The van der Waals surface area contributed by atoms with Crippen LogP contribution in [-0.4, -0.2) is 71.8 Å². The fourth-order valence-corrected chi connectivity index (χ4v) is 3.73. The third kappa shape index (κ3) is 3.51. The summed E-state index contributed by atoms with van der Waals surface area (Å²) in [6, 6.07) is 0.697. The Kier molecular flexibility index (Phi) is 4.69. The first-order chi connectivity index (χ1) is 10.2.